The molecule has 3 fully saturated rings. The molecule has 1 N–H and O–H groups in total. The van der Waals surface area contributed by atoms with Gasteiger partial charge in [0.05, 0.1) is 17.7 Å². The van der Waals surface area contributed by atoms with Gasteiger partial charge in [0.1, 0.15) is 0 Å². The van der Waals surface area contributed by atoms with Crippen LogP contribution in [0.1, 0.15) is 42.9 Å². The predicted octanol–water partition coefficient (Wildman–Crippen LogP) is 2.28. The van der Waals surface area contributed by atoms with Crippen molar-refractivity contribution in [3.8, 4) is 0 Å². The monoisotopic (exact) mass is 435 g/mol. The summed E-state index contributed by atoms with van der Waals surface area (Å²) in [6.45, 7) is 5.69. The summed E-state index contributed by atoms with van der Waals surface area (Å²) in [4.78, 5) is 29.7. The molecule has 0 bridgehead atoms. The highest BCUT2D eigenvalue weighted by atomic mass is 16.3. The van der Waals surface area contributed by atoms with E-state index in [1.165, 1.54) is 18.4 Å². The predicted molar refractivity (Wildman–Crippen MR) is 123 cm³/mol. The van der Waals surface area contributed by atoms with Gasteiger partial charge in [0.25, 0.3) is 0 Å². The Bertz CT molecular complexity index is 910. The molecule has 0 aliphatic carbocycles. The number of carbonyl (C=O) groups is 1. The van der Waals surface area contributed by atoms with Crippen LogP contribution < -0.4 is 4.90 Å². The smallest absolute Gasteiger partial charge is 0.227 e. The molecule has 0 spiro atoms. The zero-order valence-corrected chi connectivity index (χ0v) is 18.6. The van der Waals surface area contributed by atoms with Crippen molar-refractivity contribution >= 4 is 11.9 Å². The van der Waals surface area contributed by atoms with Crippen LogP contribution in [0.15, 0.2) is 42.6 Å². The number of amides is 1. The highest BCUT2D eigenvalue weighted by molar-refractivity contribution is 5.80. The second kappa shape index (κ2) is 9.55. The maximum Gasteiger partial charge on any atom is 0.227 e. The van der Waals surface area contributed by atoms with Crippen molar-refractivity contribution < 1.29 is 9.90 Å². The maximum atomic E-state index is 13.6. The van der Waals surface area contributed by atoms with Gasteiger partial charge in [-0.15, -0.1) is 0 Å². The molecular weight excluding hydrogens is 402 g/mol. The number of hydrogen-bond donors (Lipinski definition) is 1. The molecule has 0 radical (unpaired) electrons. The fourth-order valence-electron chi connectivity index (χ4n) is 5.36. The summed E-state index contributed by atoms with van der Waals surface area (Å²) in [5.41, 5.74) is 2.24. The van der Waals surface area contributed by atoms with Crippen LogP contribution in [0.3, 0.4) is 0 Å². The molecular formula is C25H33N5O2. The van der Waals surface area contributed by atoms with Gasteiger partial charge in [-0.2, -0.15) is 0 Å². The van der Waals surface area contributed by atoms with E-state index in [0.29, 0.717) is 25.9 Å². The molecule has 1 aromatic heterocycles. The van der Waals surface area contributed by atoms with Crippen LogP contribution >= 0.6 is 0 Å². The van der Waals surface area contributed by atoms with Crippen molar-refractivity contribution in [1.82, 2.24) is 19.8 Å². The van der Waals surface area contributed by atoms with Crippen molar-refractivity contribution in [2.24, 2.45) is 5.92 Å². The lowest BCUT2D eigenvalue weighted by molar-refractivity contribution is -0.137. The van der Waals surface area contributed by atoms with Crippen molar-refractivity contribution in [1.29, 1.82) is 0 Å². The number of aromatic nitrogens is 2. The number of rotatable bonds is 5. The van der Waals surface area contributed by atoms with Gasteiger partial charge in [0, 0.05) is 57.9 Å². The summed E-state index contributed by atoms with van der Waals surface area (Å²) in [5, 5.41) is 9.88. The van der Waals surface area contributed by atoms with Gasteiger partial charge in [-0.05, 0) is 37.3 Å². The third-order valence-electron chi connectivity index (χ3n) is 7.17. The van der Waals surface area contributed by atoms with Crippen LogP contribution in [0, 0.1) is 5.92 Å². The standard InChI is InChI=1S/C25H33N5O2/c31-20-9-14-29(15-10-20)24(32)22-18-28(16-19-6-2-1-3-7-19)17-21(22)23-8-11-26-25(27-23)30-12-4-5-13-30/h1-3,6-8,11,20-22,31H,4-5,9-10,12-18H2/t21-,22-/m0/s1. The Hall–Kier alpha value is -2.51. The first-order valence-electron chi connectivity index (χ1n) is 12.0. The van der Waals surface area contributed by atoms with Crippen molar-refractivity contribution in [2.45, 2.75) is 44.2 Å². The van der Waals surface area contributed by atoms with E-state index in [2.05, 4.69) is 39.0 Å². The molecule has 1 amide bonds. The molecule has 3 saturated heterocycles. The Morgan fingerprint density at radius 3 is 2.50 bits per heavy atom. The van der Waals surface area contributed by atoms with Crippen molar-refractivity contribution in [3.63, 3.8) is 0 Å². The van der Waals surface area contributed by atoms with Gasteiger partial charge in [-0.3, -0.25) is 9.69 Å². The van der Waals surface area contributed by atoms with Crippen LogP contribution in [0.25, 0.3) is 0 Å². The lowest BCUT2D eigenvalue weighted by Crippen LogP contribution is -2.44. The first-order valence-corrected chi connectivity index (χ1v) is 12.0. The number of aliphatic hydroxyl groups is 1. The molecule has 7 nitrogen and oxygen atoms in total. The van der Waals surface area contributed by atoms with E-state index in [9.17, 15) is 9.90 Å². The number of anilines is 1. The van der Waals surface area contributed by atoms with E-state index in [1.54, 1.807) is 0 Å². The molecule has 0 saturated carbocycles. The third kappa shape index (κ3) is 4.64. The summed E-state index contributed by atoms with van der Waals surface area (Å²) in [5.74, 6) is 0.949. The minimum Gasteiger partial charge on any atom is -0.393 e. The van der Waals surface area contributed by atoms with Crippen molar-refractivity contribution in [2.75, 3.05) is 44.2 Å². The number of aliphatic hydroxyl groups excluding tert-OH is 1. The lowest BCUT2D eigenvalue weighted by Gasteiger charge is -2.32. The summed E-state index contributed by atoms with van der Waals surface area (Å²) < 4.78 is 0. The zero-order valence-electron chi connectivity index (χ0n) is 18.6. The zero-order chi connectivity index (χ0) is 21.9. The second-order valence-electron chi connectivity index (χ2n) is 9.42. The third-order valence-corrected chi connectivity index (χ3v) is 7.17. The van der Waals surface area contributed by atoms with E-state index < -0.39 is 0 Å². The Kier molecular flexibility index (Phi) is 6.37. The number of nitrogens with zero attached hydrogens (tertiary/aromatic N) is 5. The van der Waals surface area contributed by atoms with E-state index in [4.69, 9.17) is 4.98 Å². The van der Waals surface area contributed by atoms with Gasteiger partial charge in [-0.1, -0.05) is 30.3 Å². The fraction of sp³-hybridized carbons (Fsp3) is 0.560. The van der Waals surface area contributed by atoms with Gasteiger partial charge < -0.3 is 14.9 Å². The molecule has 32 heavy (non-hydrogen) atoms. The largest absolute Gasteiger partial charge is 0.393 e. The van der Waals surface area contributed by atoms with Gasteiger partial charge in [0.2, 0.25) is 11.9 Å². The van der Waals surface area contributed by atoms with Crippen molar-refractivity contribution in [3.05, 3.63) is 53.9 Å². The average Bonchev–Trinajstić information content (AvgIpc) is 3.51. The summed E-state index contributed by atoms with van der Waals surface area (Å²) >= 11 is 0. The minimum atomic E-state index is -0.280. The lowest BCUT2D eigenvalue weighted by atomic mass is 9.90. The van der Waals surface area contributed by atoms with Crippen LogP contribution in [-0.4, -0.2) is 76.2 Å². The number of benzene rings is 1. The second-order valence-corrected chi connectivity index (χ2v) is 9.42. The first-order chi connectivity index (χ1) is 15.7. The van der Waals surface area contributed by atoms with E-state index in [1.807, 2.05) is 23.2 Å². The van der Waals surface area contributed by atoms with Gasteiger partial charge in [0.15, 0.2) is 0 Å². The molecule has 0 unspecified atom stereocenters. The molecule has 3 aliphatic rings. The average molecular weight is 436 g/mol. The highest BCUT2D eigenvalue weighted by Gasteiger charge is 2.41. The molecule has 5 rings (SSSR count). The summed E-state index contributed by atoms with van der Waals surface area (Å²) in [6, 6.07) is 12.5. The molecule has 4 heterocycles. The Morgan fingerprint density at radius 2 is 1.75 bits per heavy atom. The topological polar surface area (TPSA) is 72.8 Å². The SMILES string of the molecule is O=C([C@H]1CN(Cc2ccccc2)C[C@@H]1c1ccnc(N2CCCC2)n1)N1CCC(O)CC1. The summed E-state index contributed by atoms with van der Waals surface area (Å²) in [6.07, 6.45) is 5.28. The van der Waals surface area contributed by atoms with E-state index in [0.717, 1.165) is 44.4 Å². The normalized spacial score (nSPS) is 24.9. The van der Waals surface area contributed by atoms with Crippen LogP contribution in [0.5, 0.6) is 0 Å². The Morgan fingerprint density at radius 1 is 1.00 bits per heavy atom. The van der Waals surface area contributed by atoms with Crippen LogP contribution in [-0.2, 0) is 11.3 Å². The molecule has 2 aromatic rings. The first kappa shape index (κ1) is 21.3. The van der Waals surface area contributed by atoms with E-state index in [-0.39, 0.29) is 23.8 Å². The van der Waals surface area contributed by atoms with E-state index >= 15 is 0 Å². The van der Waals surface area contributed by atoms with Gasteiger partial charge in [-0.25, -0.2) is 9.97 Å². The summed E-state index contributed by atoms with van der Waals surface area (Å²) in [7, 11) is 0. The molecule has 170 valence electrons. The molecule has 3 aliphatic heterocycles. The van der Waals surface area contributed by atoms with Gasteiger partial charge >= 0.3 is 0 Å². The molecule has 2 atom stereocenters. The van der Waals surface area contributed by atoms with Crippen LogP contribution in [0.4, 0.5) is 5.95 Å². The Balaban J connectivity index is 1.38. The minimum absolute atomic E-state index is 0.0578. The number of hydrogen-bond acceptors (Lipinski definition) is 6. The maximum absolute atomic E-state index is 13.6. The number of likely N-dealkylation sites (tertiary alicyclic amines) is 2. The fourth-order valence-corrected chi connectivity index (χ4v) is 5.36. The highest BCUT2D eigenvalue weighted by Crippen LogP contribution is 2.35. The Labute approximate surface area is 190 Å². The number of piperidine rings is 1. The van der Waals surface area contributed by atoms with Crippen LogP contribution in [0.2, 0.25) is 0 Å². The molecule has 7 heteroatoms. The number of carbonyl (C=O) groups excluding carboxylic acids is 1. The quantitative estimate of drug-likeness (QED) is 0.777. The molecule has 1 aromatic carbocycles.